The van der Waals surface area contributed by atoms with Crippen LogP contribution in [0.15, 0.2) is 52.9 Å². The highest BCUT2D eigenvalue weighted by Crippen LogP contribution is 2.30. The Labute approximate surface area is 144 Å². The molecule has 0 spiro atoms. The molecular formula is C16H15N3O3S2. The Kier molecular flexibility index (Phi) is 4.61. The Morgan fingerprint density at radius 2 is 1.92 bits per heavy atom. The van der Waals surface area contributed by atoms with Gasteiger partial charge in [-0.3, -0.25) is 4.98 Å². The fourth-order valence-corrected chi connectivity index (χ4v) is 3.47. The normalized spacial score (nSPS) is 11.4. The lowest BCUT2D eigenvalue weighted by atomic mass is 10.2. The number of benzene rings is 1. The molecule has 0 amide bonds. The number of nitrogens with zero attached hydrogens (tertiary/aromatic N) is 2. The van der Waals surface area contributed by atoms with E-state index >= 15 is 0 Å². The Hall–Kier alpha value is -2.29. The van der Waals surface area contributed by atoms with Gasteiger partial charge in [-0.2, -0.15) is 0 Å². The number of ether oxygens (including phenoxy) is 1. The molecule has 1 N–H and O–H groups in total. The molecule has 3 aromatic rings. The zero-order chi connectivity index (χ0) is 17.2. The molecule has 2 aromatic heterocycles. The molecule has 3 rings (SSSR count). The van der Waals surface area contributed by atoms with E-state index in [2.05, 4.69) is 14.7 Å². The third-order valence-corrected chi connectivity index (χ3v) is 5.43. The monoisotopic (exact) mass is 361 g/mol. The van der Waals surface area contributed by atoms with Crippen molar-refractivity contribution in [2.45, 2.75) is 11.8 Å². The molecule has 0 bridgehead atoms. The van der Waals surface area contributed by atoms with E-state index in [9.17, 15) is 8.42 Å². The van der Waals surface area contributed by atoms with E-state index in [0.29, 0.717) is 10.9 Å². The van der Waals surface area contributed by atoms with E-state index in [1.165, 1.54) is 30.5 Å². The summed E-state index contributed by atoms with van der Waals surface area (Å²) < 4.78 is 31.3. The molecule has 0 unspecified atom stereocenters. The number of aromatic nitrogens is 2. The average Bonchev–Trinajstić information content (AvgIpc) is 3.04. The van der Waals surface area contributed by atoms with Gasteiger partial charge in [-0.1, -0.05) is 11.3 Å². The van der Waals surface area contributed by atoms with Crippen LogP contribution in [0.5, 0.6) is 10.9 Å². The van der Waals surface area contributed by atoms with Gasteiger partial charge in [0.15, 0.2) is 0 Å². The minimum absolute atomic E-state index is 0.185. The molecule has 8 heteroatoms. The van der Waals surface area contributed by atoms with Crippen LogP contribution in [-0.4, -0.2) is 25.4 Å². The molecule has 0 aliphatic carbocycles. The van der Waals surface area contributed by atoms with Crippen molar-refractivity contribution in [2.75, 3.05) is 7.05 Å². The zero-order valence-electron chi connectivity index (χ0n) is 13.1. The van der Waals surface area contributed by atoms with Gasteiger partial charge in [-0.25, -0.2) is 18.1 Å². The van der Waals surface area contributed by atoms with Crippen molar-refractivity contribution in [2.24, 2.45) is 0 Å². The van der Waals surface area contributed by atoms with Crippen molar-refractivity contribution in [1.29, 1.82) is 0 Å². The molecule has 0 radical (unpaired) electrons. The number of hydrogen-bond donors (Lipinski definition) is 1. The second kappa shape index (κ2) is 6.68. The van der Waals surface area contributed by atoms with Crippen LogP contribution in [0.3, 0.4) is 0 Å². The first-order valence-electron chi connectivity index (χ1n) is 7.08. The van der Waals surface area contributed by atoms with E-state index in [1.807, 2.05) is 24.4 Å². The number of aryl methyl sites for hydroxylation is 1. The Morgan fingerprint density at radius 1 is 1.17 bits per heavy atom. The predicted molar refractivity (Wildman–Crippen MR) is 92.8 cm³/mol. The molecule has 0 aliphatic rings. The molecule has 2 heterocycles. The van der Waals surface area contributed by atoms with Gasteiger partial charge in [0, 0.05) is 22.8 Å². The van der Waals surface area contributed by atoms with Crippen molar-refractivity contribution in [1.82, 2.24) is 14.7 Å². The highest BCUT2D eigenvalue weighted by molar-refractivity contribution is 7.89. The second-order valence-electron chi connectivity index (χ2n) is 4.97. The second-order valence-corrected chi connectivity index (χ2v) is 7.67. The largest absolute Gasteiger partial charge is 0.431 e. The maximum atomic E-state index is 11.7. The maximum Gasteiger partial charge on any atom is 0.279 e. The van der Waals surface area contributed by atoms with Crippen molar-refractivity contribution in [3.05, 3.63) is 53.7 Å². The van der Waals surface area contributed by atoms with Crippen molar-refractivity contribution in [3.8, 4) is 22.2 Å². The minimum Gasteiger partial charge on any atom is -0.431 e. The number of nitrogens with one attached hydrogen (secondary N) is 1. The van der Waals surface area contributed by atoms with Crippen LogP contribution in [0.2, 0.25) is 0 Å². The number of pyridine rings is 1. The summed E-state index contributed by atoms with van der Waals surface area (Å²) in [5.74, 6) is 0.525. The summed E-state index contributed by atoms with van der Waals surface area (Å²) in [5.41, 5.74) is 2.71. The van der Waals surface area contributed by atoms with Gasteiger partial charge in [0.25, 0.3) is 5.19 Å². The van der Waals surface area contributed by atoms with Crippen LogP contribution in [0.25, 0.3) is 11.3 Å². The van der Waals surface area contributed by atoms with E-state index in [4.69, 9.17) is 4.74 Å². The maximum absolute atomic E-state index is 11.7. The van der Waals surface area contributed by atoms with Crippen LogP contribution < -0.4 is 9.46 Å². The molecule has 6 nitrogen and oxygen atoms in total. The molecule has 1 aromatic carbocycles. The van der Waals surface area contributed by atoms with Gasteiger partial charge in [-0.05, 0) is 50.4 Å². The highest BCUT2D eigenvalue weighted by Gasteiger charge is 2.12. The van der Waals surface area contributed by atoms with Crippen LogP contribution in [-0.2, 0) is 10.0 Å². The van der Waals surface area contributed by atoms with Gasteiger partial charge < -0.3 is 4.74 Å². The lowest BCUT2D eigenvalue weighted by Crippen LogP contribution is -2.18. The number of rotatable bonds is 5. The lowest BCUT2D eigenvalue weighted by Gasteiger charge is -2.04. The summed E-state index contributed by atoms with van der Waals surface area (Å²) >= 11 is 1.37. The van der Waals surface area contributed by atoms with Crippen LogP contribution in [0.4, 0.5) is 0 Å². The molecule has 24 heavy (non-hydrogen) atoms. The number of hydrogen-bond acceptors (Lipinski definition) is 6. The summed E-state index contributed by atoms with van der Waals surface area (Å²) in [6.45, 7) is 1.92. The molecule has 0 saturated heterocycles. The average molecular weight is 361 g/mol. The zero-order valence-corrected chi connectivity index (χ0v) is 14.7. The number of thiazole rings is 1. The van der Waals surface area contributed by atoms with Gasteiger partial charge in [-0.15, -0.1) is 0 Å². The van der Waals surface area contributed by atoms with Gasteiger partial charge in [0.2, 0.25) is 10.0 Å². The molecule has 0 fully saturated rings. The SMILES string of the molecule is CNS(=O)(=O)c1ccc(Oc2nc(-c3ccnc(C)c3)cs2)cc1. The topological polar surface area (TPSA) is 81.2 Å². The predicted octanol–water partition coefficient (Wildman–Crippen LogP) is 3.21. The standard InChI is InChI=1S/C16H15N3O3S2/c1-11-9-12(7-8-18-11)15-10-23-16(19-15)22-13-3-5-14(6-4-13)24(20,21)17-2/h3-10,17H,1-2H3. The molecular weight excluding hydrogens is 346 g/mol. The summed E-state index contributed by atoms with van der Waals surface area (Å²) in [5, 5.41) is 2.40. The summed E-state index contributed by atoms with van der Waals surface area (Å²) in [4.78, 5) is 8.79. The van der Waals surface area contributed by atoms with Gasteiger partial charge in [0.1, 0.15) is 5.75 Å². The van der Waals surface area contributed by atoms with Crippen molar-refractivity contribution < 1.29 is 13.2 Å². The molecule has 0 saturated carbocycles. The quantitative estimate of drug-likeness (QED) is 0.755. The van der Waals surface area contributed by atoms with E-state index in [0.717, 1.165) is 17.0 Å². The molecule has 0 atom stereocenters. The summed E-state index contributed by atoms with van der Waals surface area (Å²) in [6.07, 6.45) is 1.74. The van der Waals surface area contributed by atoms with Gasteiger partial charge in [0.05, 0.1) is 10.6 Å². The molecule has 0 aliphatic heterocycles. The van der Waals surface area contributed by atoms with Crippen LogP contribution in [0, 0.1) is 6.92 Å². The Morgan fingerprint density at radius 3 is 2.58 bits per heavy atom. The Bertz CT molecular complexity index is 951. The summed E-state index contributed by atoms with van der Waals surface area (Å²) in [7, 11) is -2.08. The van der Waals surface area contributed by atoms with E-state index in [1.54, 1.807) is 18.3 Å². The summed E-state index contributed by atoms with van der Waals surface area (Å²) in [6, 6.07) is 10.0. The first-order valence-corrected chi connectivity index (χ1v) is 9.44. The first-order chi connectivity index (χ1) is 11.5. The van der Waals surface area contributed by atoms with Crippen molar-refractivity contribution >= 4 is 21.4 Å². The van der Waals surface area contributed by atoms with E-state index < -0.39 is 10.0 Å². The lowest BCUT2D eigenvalue weighted by molar-refractivity contribution is 0.479. The van der Waals surface area contributed by atoms with Crippen LogP contribution >= 0.6 is 11.3 Å². The first kappa shape index (κ1) is 16.6. The van der Waals surface area contributed by atoms with E-state index in [-0.39, 0.29) is 4.90 Å². The highest BCUT2D eigenvalue weighted by atomic mass is 32.2. The Balaban J connectivity index is 1.78. The minimum atomic E-state index is -3.45. The fourth-order valence-electron chi connectivity index (χ4n) is 2.05. The number of sulfonamides is 1. The third-order valence-electron chi connectivity index (χ3n) is 3.28. The van der Waals surface area contributed by atoms with Crippen molar-refractivity contribution in [3.63, 3.8) is 0 Å². The smallest absolute Gasteiger partial charge is 0.279 e. The van der Waals surface area contributed by atoms with Crippen LogP contribution in [0.1, 0.15) is 5.69 Å². The fraction of sp³-hybridized carbons (Fsp3) is 0.125. The van der Waals surface area contributed by atoms with Gasteiger partial charge >= 0.3 is 0 Å². The third kappa shape index (κ3) is 3.61. The molecule has 124 valence electrons.